The Bertz CT molecular complexity index is 2070. The number of carbonyl (C=O) groups is 1. The van der Waals surface area contributed by atoms with Gasteiger partial charge in [0.15, 0.2) is 0 Å². The van der Waals surface area contributed by atoms with Crippen LogP contribution in [0.15, 0.2) is 71.8 Å². The molecule has 2 aliphatic rings. The number of pyridine rings is 2. The van der Waals surface area contributed by atoms with Gasteiger partial charge in [0.25, 0.3) is 5.56 Å². The molecule has 7 rings (SSSR count). The Morgan fingerprint density at radius 2 is 1.79 bits per heavy atom. The van der Waals surface area contributed by atoms with Crippen molar-refractivity contribution in [1.82, 2.24) is 24.6 Å². The number of esters is 1. The number of hydrogen-bond donors (Lipinski definition) is 1. The summed E-state index contributed by atoms with van der Waals surface area (Å²) in [6.45, 7) is 6.71. The van der Waals surface area contributed by atoms with Gasteiger partial charge < -0.3 is 14.8 Å². The molecule has 0 amide bonds. The third-order valence-corrected chi connectivity index (χ3v) is 9.77. The van der Waals surface area contributed by atoms with Gasteiger partial charge in [0.1, 0.15) is 5.82 Å². The number of benzene rings is 2. The summed E-state index contributed by atoms with van der Waals surface area (Å²) in [7, 11) is 3.25. The Kier molecular flexibility index (Phi) is 8.15. The fourth-order valence-corrected chi connectivity index (χ4v) is 7.21. The van der Waals surface area contributed by atoms with Gasteiger partial charge in [-0.2, -0.15) is 5.10 Å². The predicted octanol–water partition coefficient (Wildman–Crippen LogP) is 6.01. The molecule has 1 unspecified atom stereocenters. The molecule has 2 fully saturated rings. The Labute approximate surface area is 277 Å². The first-order chi connectivity index (χ1) is 22.8. The van der Waals surface area contributed by atoms with Crippen molar-refractivity contribution in [3.8, 4) is 28.3 Å². The van der Waals surface area contributed by atoms with E-state index in [2.05, 4.69) is 20.3 Å². The number of aromatic nitrogens is 4. The highest BCUT2D eigenvalue weighted by molar-refractivity contribution is 6.36. The Morgan fingerprint density at radius 3 is 2.55 bits per heavy atom. The summed E-state index contributed by atoms with van der Waals surface area (Å²) in [6.07, 6.45) is 3.32. The molecule has 240 valence electrons. The molecule has 47 heavy (non-hydrogen) atoms. The smallest absolute Gasteiger partial charge is 0.309 e. The summed E-state index contributed by atoms with van der Waals surface area (Å²) in [4.78, 5) is 36.8. The van der Waals surface area contributed by atoms with Crippen molar-refractivity contribution < 1.29 is 14.3 Å². The third-order valence-electron chi connectivity index (χ3n) is 9.37. The van der Waals surface area contributed by atoms with Crippen LogP contribution in [0.2, 0.25) is 5.02 Å². The number of halogens is 1. The minimum absolute atomic E-state index is 0.0460. The van der Waals surface area contributed by atoms with Crippen LogP contribution < -0.4 is 15.6 Å². The van der Waals surface area contributed by atoms with Gasteiger partial charge in [-0.15, -0.1) is 0 Å². The molecule has 1 aliphatic carbocycles. The lowest BCUT2D eigenvalue weighted by atomic mass is 9.96. The quantitative estimate of drug-likeness (QED) is 0.192. The van der Waals surface area contributed by atoms with Crippen LogP contribution >= 0.6 is 11.6 Å². The summed E-state index contributed by atoms with van der Waals surface area (Å²) in [5.41, 5.74) is 5.81. The summed E-state index contributed by atoms with van der Waals surface area (Å²) in [5.74, 6) is 1.75. The van der Waals surface area contributed by atoms with Crippen molar-refractivity contribution in [2.24, 2.45) is 24.8 Å². The summed E-state index contributed by atoms with van der Waals surface area (Å²) in [6, 6.07) is 17.6. The van der Waals surface area contributed by atoms with Crippen LogP contribution in [0.3, 0.4) is 0 Å². The molecular weight excluding hydrogens is 616 g/mol. The van der Waals surface area contributed by atoms with Crippen LogP contribution in [0, 0.1) is 24.7 Å². The molecule has 0 spiro atoms. The van der Waals surface area contributed by atoms with E-state index < -0.39 is 0 Å². The molecule has 3 atom stereocenters. The summed E-state index contributed by atoms with van der Waals surface area (Å²) in [5, 5.41) is 9.26. The second kappa shape index (κ2) is 12.4. The lowest BCUT2D eigenvalue weighted by Gasteiger charge is -2.20. The fourth-order valence-electron chi connectivity index (χ4n) is 6.88. The third kappa shape index (κ3) is 5.61. The van der Waals surface area contributed by atoms with Crippen LogP contribution in [0.4, 0.5) is 11.5 Å². The van der Waals surface area contributed by atoms with Gasteiger partial charge in [-0.1, -0.05) is 48.0 Å². The Hall–Kier alpha value is -4.80. The zero-order chi connectivity index (χ0) is 32.8. The molecule has 3 aromatic heterocycles. The Balaban J connectivity index is 1.14. The molecule has 4 heterocycles. The van der Waals surface area contributed by atoms with E-state index in [4.69, 9.17) is 26.1 Å². The normalized spacial score (nSPS) is 18.6. The number of rotatable bonds is 9. The zero-order valence-corrected chi connectivity index (χ0v) is 27.4. The van der Waals surface area contributed by atoms with Crippen LogP contribution in [-0.2, 0) is 23.1 Å². The molecule has 1 saturated carbocycles. The van der Waals surface area contributed by atoms with Gasteiger partial charge in [-0.25, -0.2) is 14.6 Å². The molecule has 0 radical (unpaired) electrons. The number of piperidine rings is 1. The maximum Gasteiger partial charge on any atom is 0.309 e. The van der Waals surface area contributed by atoms with Crippen LogP contribution in [-0.4, -0.2) is 57.4 Å². The molecule has 1 aliphatic heterocycles. The minimum Gasteiger partial charge on any atom is -0.481 e. The van der Waals surface area contributed by atoms with Crippen molar-refractivity contribution in [3.05, 3.63) is 93.5 Å². The van der Waals surface area contributed by atoms with Gasteiger partial charge in [-0.3, -0.25) is 14.5 Å². The average Bonchev–Trinajstić information content (AvgIpc) is 3.59. The van der Waals surface area contributed by atoms with Crippen LogP contribution in [0.1, 0.15) is 18.1 Å². The number of nitrogens with one attached hydrogen (secondary N) is 1. The van der Waals surface area contributed by atoms with E-state index in [1.54, 1.807) is 32.6 Å². The van der Waals surface area contributed by atoms with E-state index in [1.807, 2.05) is 62.4 Å². The van der Waals surface area contributed by atoms with Crippen molar-refractivity contribution in [1.29, 1.82) is 0 Å². The molecule has 5 aromatic rings. The monoisotopic (exact) mass is 650 g/mol. The SMILES string of the molecule is CCOC(=O)C1[C@H]2CN(Cc3ccc(-c4cccc(-c5cccc(Nc6nccc7cnn(C)c(=O)c67)c5C)c4Cl)nc3OC)C[C@@H]12. The van der Waals surface area contributed by atoms with Crippen molar-refractivity contribution in [2.75, 3.05) is 32.1 Å². The van der Waals surface area contributed by atoms with Gasteiger partial charge in [0, 0.05) is 60.6 Å². The second-order valence-electron chi connectivity index (χ2n) is 12.1. The molecule has 1 saturated heterocycles. The first-order valence-electron chi connectivity index (χ1n) is 15.7. The summed E-state index contributed by atoms with van der Waals surface area (Å²) < 4.78 is 12.3. The molecule has 1 N–H and O–H groups in total. The van der Waals surface area contributed by atoms with Crippen molar-refractivity contribution >= 4 is 39.8 Å². The standard InChI is InChI=1S/C36H35ClN6O4/c1-5-47-36(45)31-26-18-43(19-27(26)31)17-22-12-13-29(41-34(22)46-4)25-10-6-9-24(32(25)37)23-8-7-11-28(20(23)2)40-33-30-21(14-15-38-33)16-39-42(3)35(30)44/h6-16,26-27,31H,5,17-19H2,1-4H3,(H,38,40)/t26-,27+,31?. The van der Waals surface area contributed by atoms with Crippen molar-refractivity contribution in [3.63, 3.8) is 0 Å². The summed E-state index contributed by atoms with van der Waals surface area (Å²) >= 11 is 7.12. The minimum atomic E-state index is -0.226. The number of aryl methyl sites for hydroxylation is 1. The highest BCUT2D eigenvalue weighted by atomic mass is 35.5. The largest absolute Gasteiger partial charge is 0.481 e. The lowest BCUT2D eigenvalue weighted by Crippen LogP contribution is -2.26. The van der Waals surface area contributed by atoms with E-state index in [0.29, 0.717) is 58.2 Å². The number of carbonyl (C=O) groups excluding carboxylic acids is 1. The van der Waals surface area contributed by atoms with E-state index in [1.165, 1.54) is 4.68 Å². The number of methoxy groups -OCH3 is 1. The van der Waals surface area contributed by atoms with Crippen LogP contribution in [0.5, 0.6) is 5.88 Å². The maximum absolute atomic E-state index is 12.9. The molecule has 0 bridgehead atoms. The second-order valence-corrected chi connectivity index (χ2v) is 12.5. The number of nitrogens with zero attached hydrogens (tertiary/aromatic N) is 5. The molecule has 10 nitrogen and oxygen atoms in total. The predicted molar refractivity (Wildman–Crippen MR) is 182 cm³/mol. The maximum atomic E-state index is 12.9. The number of hydrogen-bond acceptors (Lipinski definition) is 9. The number of anilines is 2. The average molecular weight is 651 g/mol. The highest BCUT2D eigenvalue weighted by Crippen LogP contribution is 2.52. The zero-order valence-electron chi connectivity index (χ0n) is 26.7. The first kappa shape index (κ1) is 30.8. The van der Waals surface area contributed by atoms with Gasteiger partial charge in [0.2, 0.25) is 5.88 Å². The molecule has 2 aromatic carbocycles. The number of likely N-dealkylation sites (tertiary alicyclic amines) is 1. The fraction of sp³-hybridized carbons (Fsp3) is 0.306. The van der Waals surface area contributed by atoms with Crippen LogP contribution in [0.25, 0.3) is 33.2 Å². The molecular formula is C36H35ClN6O4. The lowest BCUT2D eigenvalue weighted by molar-refractivity contribution is -0.145. The van der Waals surface area contributed by atoms with E-state index in [9.17, 15) is 9.59 Å². The number of ether oxygens (including phenoxy) is 2. The van der Waals surface area contributed by atoms with Gasteiger partial charge in [0.05, 0.1) is 41.9 Å². The van der Waals surface area contributed by atoms with E-state index >= 15 is 0 Å². The van der Waals surface area contributed by atoms with Gasteiger partial charge >= 0.3 is 5.97 Å². The van der Waals surface area contributed by atoms with Gasteiger partial charge in [-0.05, 0) is 55.0 Å². The number of fused-ring (bicyclic) bond motifs is 2. The van der Waals surface area contributed by atoms with E-state index in [-0.39, 0.29) is 17.4 Å². The molecule has 11 heteroatoms. The Morgan fingerprint density at radius 1 is 1.04 bits per heavy atom. The first-order valence-corrected chi connectivity index (χ1v) is 16.1. The topological polar surface area (TPSA) is 111 Å². The highest BCUT2D eigenvalue weighted by Gasteiger charge is 2.60. The van der Waals surface area contributed by atoms with Crippen molar-refractivity contribution in [2.45, 2.75) is 20.4 Å². The van der Waals surface area contributed by atoms with E-state index in [0.717, 1.165) is 46.6 Å².